The fourth-order valence-corrected chi connectivity index (χ4v) is 5.92. The van der Waals surface area contributed by atoms with Gasteiger partial charge in [-0.3, -0.25) is 4.79 Å². The quantitative estimate of drug-likeness (QED) is 0.618. The zero-order chi connectivity index (χ0) is 20.3. The Bertz CT molecular complexity index is 965. The van der Waals surface area contributed by atoms with Crippen LogP contribution in [0.5, 0.6) is 0 Å². The number of fused-ring (bicyclic) bond motifs is 1. The Labute approximate surface area is 181 Å². The summed E-state index contributed by atoms with van der Waals surface area (Å²) in [6, 6.07) is 10.8. The fraction of sp³-hybridized carbons (Fsp3) is 0.522. The second-order valence-corrected chi connectivity index (χ2v) is 9.60. The molecule has 1 aromatic carbocycles. The molecule has 1 N–H and O–H groups in total. The molecule has 0 unspecified atom stereocenters. The number of anilines is 1. The average Bonchev–Trinajstić information content (AvgIpc) is 3.52. The van der Waals surface area contributed by atoms with Gasteiger partial charge < -0.3 is 10.2 Å². The molecule has 3 aromatic rings. The van der Waals surface area contributed by atoms with Gasteiger partial charge in [-0.05, 0) is 50.9 Å². The lowest BCUT2D eigenvalue weighted by Gasteiger charge is -2.30. The lowest BCUT2D eigenvalue weighted by Crippen LogP contribution is -2.35. The van der Waals surface area contributed by atoms with Crippen LogP contribution in [0.15, 0.2) is 36.5 Å². The number of amides is 1. The van der Waals surface area contributed by atoms with Crippen molar-refractivity contribution in [1.29, 1.82) is 0 Å². The number of likely N-dealkylation sites (tertiary alicyclic amines) is 1. The van der Waals surface area contributed by atoms with E-state index in [0.29, 0.717) is 18.4 Å². The average molecular weight is 424 g/mol. The van der Waals surface area contributed by atoms with Gasteiger partial charge in [0.25, 0.3) is 0 Å². The first-order valence-electron chi connectivity index (χ1n) is 11.2. The van der Waals surface area contributed by atoms with Gasteiger partial charge in [-0.1, -0.05) is 25.0 Å². The SMILES string of the molecule is O=C(CCN1CCC(c2nc3ccccc3s2)CC1)Nc1ccnn1C1CCCC1. The lowest BCUT2D eigenvalue weighted by atomic mass is 9.97. The minimum atomic E-state index is 0.0862. The van der Waals surface area contributed by atoms with Crippen LogP contribution in [0.2, 0.25) is 0 Å². The second kappa shape index (κ2) is 8.86. The first-order chi connectivity index (χ1) is 14.8. The molecule has 3 heterocycles. The van der Waals surface area contributed by atoms with Crippen molar-refractivity contribution >= 4 is 33.3 Å². The molecule has 158 valence electrons. The summed E-state index contributed by atoms with van der Waals surface area (Å²) >= 11 is 1.84. The summed E-state index contributed by atoms with van der Waals surface area (Å²) in [7, 11) is 0. The van der Waals surface area contributed by atoms with E-state index in [1.54, 1.807) is 6.20 Å². The number of aromatic nitrogens is 3. The molecule has 30 heavy (non-hydrogen) atoms. The molecule has 5 rings (SSSR count). The molecule has 1 aliphatic carbocycles. The first kappa shape index (κ1) is 19.7. The summed E-state index contributed by atoms with van der Waals surface area (Å²) in [5.41, 5.74) is 1.12. The number of hydrogen-bond acceptors (Lipinski definition) is 5. The van der Waals surface area contributed by atoms with Crippen molar-refractivity contribution in [1.82, 2.24) is 19.7 Å². The van der Waals surface area contributed by atoms with Crippen molar-refractivity contribution in [3.8, 4) is 0 Å². The zero-order valence-corrected chi connectivity index (χ0v) is 18.1. The summed E-state index contributed by atoms with van der Waals surface area (Å²) in [6.45, 7) is 2.89. The van der Waals surface area contributed by atoms with E-state index >= 15 is 0 Å². The Morgan fingerprint density at radius 2 is 1.90 bits per heavy atom. The van der Waals surface area contributed by atoms with Crippen LogP contribution in [0.1, 0.15) is 61.9 Å². The molecule has 0 radical (unpaired) electrons. The van der Waals surface area contributed by atoms with Crippen LogP contribution in [0.3, 0.4) is 0 Å². The maximum absolute atomic E-state index is 12.5. The molecule has 1 aliphatic heterocycles. The number of nitrogens with zero attached hydrogens (tertiary/aromatic N) is 4. The number of benzene rings is 1. The highest BCUT2D eigenvalue weighted by Crippen LogP contribution is 2.34. The third-order valence-electron chi connectivity index (χ3n) is 6.51. The summed E-state index contributed by atoms with van der Waals surface area (Å²) in [5.74, 6) is 1.48. The van der Waals surface area contributed by atoms with Gasteiger partial charge in [0.2, 0.25) is 5.91 Å². The van der Waals surface area contributed by atoms with E-state index in [9.17, 15) is 4.79 Å². The highest BCUT2D eigenvalue weighted by molar-refractivity contribution is 7.18. The maximum Gasteiger partial charge on any atom is 0.226 e. The predicted molar refractivity (Wildman–Crippen MR) is 121 cm³/mol. The summed E-state index contributed by atoms with van der Waals surface area (Å²) in [4.78, 5) is 19.8. The Morgan fingerprint density at radius 3 is 2.70 bits per heavy atom. The zero-order valence-electron chi connectivity index (χ0n) is 17.3. The van der Waals surface area contributed by atoms with Gasteiger partial charge in [0, 0.05) is 24.9 Å². The number of thiazole rings is 1. The number of piperidine rings is 1. The molecule has 1 saturated carbocycles. The van der Waals surface area contributed by atoms with Crippen LogP contribution in [0, 0.1) is 0 Å². The van der Waals surface area contributed by atoms with Gasteiger partial charge in [-0.2, -0.15) is 5.10 Å². The van der Waals surface area contributed by atoms with E-state index in [1.165, 1.54) is 22.5 Å². The van der Waals surface area contributed by atoms with Gasteiger partial charge in [-0.25, -0.2) is 9.67 Å². The highest BCUT2D eigenvalue weighted by Gasteiger charge is 2.24. The Hall–Kier alpha value is -2.25. The number of rotatable bonds is 6. The highest BCUT2D eigenvalue weighted by atomic mass is 32.1. The normalized spacial score (nSPS) is 18.9. The molecular weight excluding hydrogens is 394 g/mol. The maximum atomic E-state index is 12.5. The van der Waals surface area contributed by atoms with Crippen LogP contribution in [0.4, 0.5) is 5.82 Å². The van der Waals surface area contributed by atoms with Gasteiger partial charge >= 0.3 is 0 Å². The number of para-hydroxylation sites is 1. The van der Waals surface area contributed by atoms with Crippen LogP contribution in [-0.2, 0) is 4.79 Å². The van der Waals surface area contributed by atoms with Crippen molar-refractivity contribution in [3.05, 3.63) is 41.5 Å². The van der Waals surface area contributed by atoms with Crippen LogP contribution < -0.4 is 5.32 Å². The third kappa shape index (κ3) is 4.27. The molecule has 0 spiro atoms. The van der Waals surface area contributed by atoms with Crippen molar-refractivity contribution in [2.24, 2.45) is 0 Å². The summed E-state index contributed by atoms with van der Waals surface area (Å²) < 4.78 is 3.29. The Balaban J connectivity index is 1.09. The number of hydrogen-bond donors (Lipinski definition) is 1. The Morgan fingerprint density at radius 1 is 1.10 bits per heavy atom. The van der Waals surface area contributed by atoms with Crippen molar-refractivity contribution in [3.63, 3.8) is 0 Å². The molecule has 0 atom stereocenters. The molecule has 2 aliphatic rings. The van der Waals surface area contributed by atoms with E-state index in [4.69, 9.17) is 4.98 Å². The summed E-state index contributed by atoms with van der Waals surface area (Å²) in [6.07, 6.45) is 9.40. The smallest absolute Gasteiger partial charge is 0.226 e. The third-order valence-corrected chi connectivity index (χ3v) is 7.71. The number of nitrogens with one attached hydrogen (secondary N) is 1. The minimum Gasteiger partial charge on any atom is -0.311 e. The van der Waals surface area contributed by atoms with Gasteiger partial charge in [0.1, 0.15) is 5.82 Å². The van der Waals surface area contributed by atoms with Crippen LogP contribution in [0.25, 0.3) is 10.2 Å². The minimum absolute atomic E-state index is 0.0862. The largest absolute Gasteiger partial charge is 0.311 e. The standard InChI is InChI=1S/C23H29N5OS/c29-22(26-21-9-13-24-28(21)18-5-1-2-6-18)12-16-27-14-10-17(11-15-27)23-25-19-7-3-4-8-20(19)30-23/h3-4,7-9,13,17-18H,1-2,5-6,10-12,14-16H2,(H,26,29). The van der Waals surface area contributed by atoms with Crippen molar-refractivity contribution in [2.75, 3.05) is 25.0 Å². The molecule has 7 heteroatoms. The first-order valence-corrected chi connectivity index (χ1v) is 12.0. The van der Waals surface area contributed by atoms with Crippen molar-refractivity contribution < 1.29 is 4.79 Å². The number of carbonyl (C=O) groups is 1. The van der Waals surface area contributed by atoms with Gasteiger partial charge in [0.05, 0.1) is 27.5 Å². The number of carbonyl (C=O) groups excluding carboxylic acids is 1. The fourth-order valence-electron chi connectivity index (χ4n) is 4.79. The molecule has 0 bridgehead atoms. The van der Waals surface area contributed by atoms with Gasteiger partial charge in [-0.15, -0.1) is 11.3 Å². The van der Waals surface area contributed by atoms with E-state index < -0.39 is 0 Å². The lowest BCUT2D eigenvalue weighted by molar-refractivity contribution is -0.116. The molecule has 6 nitrogen and oxygen atoms in total. The van der Waals surface area contributed by atoms with E-state index in [2.05, 4.69) is 39.6 Å². The van der Waals surface area contributed by atoms with E-state index in [0.717, 1.165) is 56.7 Å². The monoisotopic (exact) mass is 423 g/mol. The molecular formula is C23H29N5OS. The van der Waals surface area contributed by atoms with Crippen molar-refractivity contribution in [2.45, 2.75) is 56.9 Å². The van der Waals surface area contributed by atoms with Gasteiger partial charge in [0.15, 0.2) is 0 Å². The Kier molecular flexibility index (Phi) is 5.82. The van der Waals surface area contributed by atoms with Crippen LogP contribution >= 0.6 is 11.3 Å². The van der Waals surface area contributed by atoms with E-state index in [-0.39, 0.29) is 5.91 Å². The van der Waals surface area contributed by atoms with Crippen LogP contribution in [-0.4, -0.2) is 45.2 Å². The topological polar surface area (TPSA) is 63.1 Å². The molecule has 2 aromatic heterocycles. The molecule has 1 saturated heterocycles. The van der Waals surface area contributed by atoms with E-state index in [1.807, 2.05) is 22.1 Å². The second-order valence-electron chi connectivity index (χ2n) is 8.53. The molecule has 2 fully saturated rings. The summed E-state index contributed by atoms with van der Waals surface area (Å²) in [5, 5.41) is 8.80. The molecule has 1 amide bonds. The predicted octanol–water partition coefficient (Wildman–Crippen LogP) is 4.82.